The van der Waals surface area contributed by atoms with Gasteiger partial charge >= 0.3 is 5.69 Å². The van der Waals surface area contributed by atoms with Crippen LogP contribution in [-0.2, 0) is 0 Å². The lowest BCUT2D eigenvalue weighted by atomic mass is 10.1. The van der Waals surface area contributed by atoms with E-state index in [1.807, 2.05) is 30.3 Å². The van der Waals surface area contributed by atoms with Crippen molar-refractivity contribution < 1.29 is 0 Å². The van der Waals surface area contributed by atoms with Crippen molar-refractivity contribution in [1.29, 1.82) is 0 Å². The van der Waals surface area contributed by atoms with E-state index in [1.165, 1.54) is 4.52 Å². The Hall–Kier alpha value is -1.95. The van der Waals surface area contributed by atoms with E-state index >= 15 is 0 Å². The van der Waals surface area contributed by atoms with Gasteiger partial charge in [0, 0.05) is 10.0 Å². The smallest absolute Gasteiger partial charge is 0.244 e. The number of benzene rings is 1. The highest BCUT2D eigenvalue weighted by Crippen LogP contribution is 2.20. The summed E-state index contributed by atoms with van der Waals surface area (Å²) in [5.74, 6) is 0. The molecule has 0 atom stereocenters. The number of rotatable bonds is 1. The lowest BCUT2D eigenvalue weighted by Crippen LogP contribution is -2.12. The van der Waals surface area contributed by atoms with E-state index in [-0.39, 0.29) is 5.69 Å². The Balaban J connectivity index is 2.24. The zero-order valence-corrected chi connectivity index (χ0v) is 10.2. The van der Waals surface area contributed by atoms with Crippen LogP contribution in [0.1, 0.15) is 0 Å². The van der Waals surface area contributed by atoms with Gasteiger partial charge in [0.2, 0.25) is 0 Å². The molecular formula is C11H7BrN4O. The van der Waals surface area contributed by atoms with Crippen molar-refractivity contribution in [2.45, 2.75) is 0 Å². The molecule has 84 valence electrons. The number of aromatic nitrogens is 4. The fourth-order valence-corrected chi connectivity index (χ4v) is 2.00. The quantitative estimate of drug-likeness (QED) is 0.744. The molecule has 0 saturated heterocycles. The molecule has 0 unspecified atom stereocenters. The fraction of sp³-hybridized carbons (Fsp3) is 0. The average molecular weight is 291 g/mol. The lowest BCUT2D eigenvalue weighted by Gasteiger charge is -2.01. The van der Waals surface area contributed by atoms with Crippen molar-refractivity contribution in [3.63, 3.8) is 0 Å². The first kappa shape index (κ1) is 10.2. The summed E-state index contributed by atoms with van der Waals surface area (Å²) in [6.07, 6.45) is 0. The third-order valence-corrected chi connectivity index (χ3v) is 2.89. The Morgan fingerprint density at radius 1 is 1.24 bits per heavy atom. The molecule has 6 heteroatoms. The van der Waals surface area contributed by atoms with Gasteiger partial charge in [0.05, 0.1) is 5.69 Å². The summed E-state index contributed by atoms with van der Waals surface area (Å²) in [4.78, 5) is 11.4. The third-order valence-electron chi connectivity index (χ3n) is 2.39. The highest BCUT2D eigenvalue weighted by atomic mass is 79.9. The van der Waals surface area contributed by atoms with Crippen LogP contribution < -0.4 is 5.69 Å². The SMILES string of the molecule is O=c1[nH]nc2ccc(-c3cccc(Br)c3)nn12. The number of aromatic amines is 1. The van der Waals surface area contributed by atoms with Crippen LogP contribution in [0.4, 0.5) is 0 Å². The Bertz CT molecular complexity index is 746. The number of fused-ring (bicyclic) bond motifs is 1. The van der Waals surface area contributed by atoms with E-state index in [9.17, 15) is 4.79 Å². The predicted octanol–water partition coefficient (Wildman–Crippen LogP) is 1.85. The number of H-pyrrole nitrogens is 1. The molecule has 1 aromatic carbocycles. The molecule has 0 fully saturated rings. The van der Waals surface area contributed by atoms with Gasteiger partial charge in [0.1, 0.15) is 0 Å². The molecular weight excluding hydrogens is 284 g/mol. The van der Waals surface area contributed by atoms with Gasteiger partial charge in [-0.05, 0) is 24.3 Å². The Kier molecular flexibility index (Phi) is 2.29. The van der Waals surface area contributed by atoms with Crippen LogP contribution in [0.25, 0.3) is 16.9 Å². The van der Waals surface area contributed by atoms with Crippen LogP contribution in [0, 0.1) is 0 Å². The summed E-state index contributed by atoms with van der Waals surface area (Å²) >= 11 is 3.40. The van der Waals surface area contributed by atoms with Gasteiger partial charge in [-0.25, -0.2) is 9.89 Å². The zero-order chi connectivity index (χ0) is 11.8. The van der Waals surface area contributed by atoms with E-state index in [1.54, 1.807) is 6.07 Å². The molecule has 0 spiro atoms. The number of halogens is 1. The van der Waals surface area contributed by atoms with Crippen LogP contribution in [0.3, 0.4) is 0 Å². The van der Waals surface area contributed by atoms with E-state index in [2.05, 4.69) is 31.2 Å². The van der Waals surface area contributed by atoms with Crippen LogP contribution in [0.15, 0.2) is 45.7 Å². The van der Waals surface area contributed by atoms with Crippen LogP contribution in [0.5, 0.6) is 0 Å². The largest absolute Gasteiger partial charge is 0.364 e. The summed E-state index contributed by atoms with van der Waals surface area (Å²) in [6.45, 7) is 0. The normalized spacial score (nSPS) is 10.9. The molecule has 0 aliphatic rings. The molecule has 0 aliphatic heterocycles. The van der Waals surface area contributed by atoms with Crippen LogP contribution in [0.2, 0.25) is 0 Å². The van der Waals surface area contributed by atoms with Crippen molar-refractivity contribution in [2.75, 3.05) is 0 Å². The number of hydrogen-bond acceptors (Lipinski definition) is 3. The average Bonchev–Trinajstić information content (AvgIpc) is 2.71. The highest BCUT2D eigenvalue weighted by Gasteiger charge is 2.04. The molecule has 0 saturated carbocycles. The Morgan fingerprint density at radius 3 is 2.94 bits per heavy atom. The second-order valence-corrected chi connectivity index (χ2v) is 4.44. The van der Waals surface area contributed by atoms with Crippen molar-refractivity contribution >= 4 is 21.6 Å². The molecule has 1 N–H and O–H groups in total. The van der Waals surface area contributed by atoms with Crippen LogP contribution in [-0.4, -0.2) is 19.8 Å². The second kappa shape index (κ2) is 3.81. The number of nitrogens with one attached hydrogen (secondary N) is 1. The third kappa shape index (κ3) is 1.76. The maximum Gasteiger partial charge on any atom is 0.364 e. The van der Waals surface area contributed by atoms with E-state index < -0.39 is 0 Å². The summed E-state index contributed by atoms with van der Waals surface area (Å²) in [7, 11) is 0. The summed E-state index contributed by atoms with van der Waals surface area (Å²) in [6, 6.07) is 11.3. The first-order valence-corrected chi connectivity index (χ1v) is 5.74. The zero-order valence-electron chi connectivity index (χ0n) is 8.59. The van der Waals surface area contributed by atoms with Crippen molar-refractivity contribution in [2.24, 2.45) is 0 Å². The van der Waals surface area contributed by atoms with Gasteiger partial charge in [-0.3, -0.25) is 0 Å². The van der Waals surface area contributed by atoms with Gasteiger partial charge < -0.3 is 0 Å². The number of hydrogen-bond donors (Lipinski definition) is 1. The first-order valence-electron chi connectivity index (χ1n) is 4.94. The predicted molar refractivity (Wildman–Crippen MR) is 66.7 cm³/mol. The second-order valence-electron chi connectivity index (χ2n) is 3.53. The molecule has 3 rings (SSSR count). The first-order chi connectivity index (χ1) is 8.24. The minimum Gasteiger partial charge on any atom is -0.244 e. The van der Waals surface area contributed by atoms with Gasteiger partial charge in [-0.2, -0.15) is 14.7 Å². The highest BCUT2D eigenvalue weighted by molar-refractivity contribution is 9.10. The molecule has 3 aromatic rings. The Morgan fingerprint density at radius 2 is 2.12 bits per heavy atom. The van der Waals surface area contributed by atoms with E-state index in [4.69, 9.17) is 0 Å². The van der Waals surface area contributed by atoms with Crippen LogP contribution >= 0.6 is 15.9 Å². The summed E-state index contributed by atoms with van der Waals surface area (Å²) in [5.41, 5.74) is 1.84. The summed E-state index contributed by atoms with van der Waals surface area (Å²) in [5, 5.41) is 10.4. The minimum atomic E-state index is -0.336. The van der Waals surface area contributed by atoms with Crippen molar-refractivity contribution in [3.8, 4) is 11.3 Å². The monoisotopic (exact) mass is 290 g/mol. The van der Waals surface area contributed by atoms with E-state index in [0.717, 1.165) is 15.7 Å². The molecule has 17 heavy (non-hydrogen) atoms. The Labute approximate surface area is 104 Å². The lowest BCUT2D eigenvalue weighted by molar-refractivity contribution is 0.884. The summed E-state index contributed by atoms with van der Waals surface area (Å²) < 4.78 is 2.22. The fourth-order valence-electron chi connectivity index (χ4n) is 1.60. The molecule has 0 bridgehead atoms. The van der Waals surface area contributed by atoms with Gasteiger partial charge in [-0.1, -0.05) is 28.1 Å². The molecule has 0 radical (unpaired) electrons. The van der Waals surface area contributed by atoms with E-state index in [0.29, 0.717) is 5.65 Å². The maximum atomic E-state index is 11.4. The topological polar surface area (TPSA) is 63.0 Å². The number of nitrogens with zero attached hydrogens (tertiary/aromatic N) is 3. The molecule has 2 aromatic heterocycles. The maximum absolute atomic E-state index is 11.4. The van der Waals surface area contributed by atoms with Gasteiger partial charge in [0.25, 0.3) is 0 Å². The molecule has 0 amide bonds. The van der Waals surface area contributed by atoms with Crippen molar-refractivity contribution in [3.05, 3.63) is 51.4 Å². The standard InChI is InChI=1S/C11H7BrN4O/c12-8-3-1-2-7(6-8)9-4-5-10-13-14-11(17)16(10)15-9/h1-6H,(H,14,17). The van der Waals surface area contributed by atoms with Gasteiger partial charge in [0.15, 0.2) is 5.65 Å². The molecule has 0 aliphatic carbocycles. The van der Waals surface area contributed by atoms with Crippen molar-refractivity contribution in [1.82, 2.24) is 19.8 Å². The molecule has 5 nitrogen and oxygen atoms in total. The molecule has 2 heterocycles. The minimum absolute atomic E-state index is 0.336. The van der Waals surface area contributed by atoms with Gasteiger partial charge in [-0.15, -0.1) is 0 Å².